The van der Waals surface area contributed by atoms with Gasteiger partial charge in [-0.2, -0.15) is 11.8 Å². The number of amides is 1. The van der Waals surface area contributed by atoms with Crippen molar-refractivity contribution in [2.75, 3.05) is 30.9 Å². The van der Waals surface area contributed by atoms with E-state index in [1.165, 1.54) is 29.9 Å². The van der Waals surface area contributed by atoms with Crippen LogP contribution in [0.5, 0.6) is 0 Å². The fraction of sp³-hybridized carbons (Fsp3) is 0.348. The Labute approximate surface area is 180 Å². The molecule has 148 valence electrons. The Hall–Kier alpha value is -1.56. The third kappa shape index (κ3) is 6.23. The molecule has 1 fully saturated rings. The summed E-state index contributed by atoms with van der Waals surface area (Å²) in [4.78, 5) is 12.2. The van der Waals surface area contributed by atoms with Crippen LogP contribution in [-0.4, -0.2) is 42.0 Å². The second-order valence-corrected chi connectivity index (χ2v) is 10.00. The van der Waals surface area contributed by atoms with Crippen LogP contribution >= 0.6 is 27.7 Å². The lowest BCUT2D eigenvalue weighted by Gasteiger charge is -2.40. The zero-order chi connectivity index (χ0) is 20.0. The van der Waals surface area contributed by atoms with Crippen LogP contribution in [0.2, 0.25) is 0 Å². The average Bonchev–Trinajstić information content (AvgIpc) is 2.68. The summed E-state index contributed by atoms with van der Waals surface area (Å²) in [5.74, 6) is 2.44. The maximum Gasteiger partial charge on any atom is 0.248 e. The predicted molar refractivity (Wildman–Crippen MR) is 124 cm³/mol. The van der Waals surface area contributed by atoms with Gasteiger partial charge in [0.2, 0.25) is 5.91 Å². The Morgan fingerprint density at radius 2 is 1.89 bits per heavy atom. The summed E-state index contributed by atoms with van der Waals surface area (Å²) in [5, 5.41) is 2.93. The van der Waals surface area contributed by atoms with E-state index < -0.39 is 0 Å². The molecular formula is C23H28BrN2OS+. The maximum atomic E-state index is 12.2. The Bertz CT molecular complexity index is 827. The van der Waals surface area contributed by atoms with E-state index in [1.807, 2.05) is 42.5 Å². The Kier molecular flexibility index (Phi) is 7.38. The second kappa shape index (κ2) is 9.77. The molecule has 0 unspecified atom stereocenters. The standard InChI is InChI=1S/C23H27BrN2OS/c1-26(2,22-12-14-28-15-13-22)17-19-6-9-21(10-7-19)25-23(27)11-8-18-4-3-5-20(24)16-18/h3-11,16,22H,12-15,17H2,1-2H3/p+1. The number of rotatable bonds is 6. The van der Waals surface area contributed by atoms with Gasteiger partial charge in [-0.3, -0.25) is 4.79 Å². The van der Waals surface area contributed by atoms with Crippen molar-refractivity contribution in [3.8, 4) is 0 Å². The SMILES string of the molecule is C[N+](C)(Cc1ccc(NC(=O)C=Cc2cccc(Br)c2)cc1)C1CCSCC1. The lowest BCUT2D eigenvalue weighted by atomic mass is 10.1. The molecule has 5 heteroatoms. The van der Waals surface area contributed by atoms with E-state index in [2.05, 4.69) is 59.2 Å². The number of carbonyl (C=O) groups excluding carboxylic acids is 1. The zero-order valence-electron chi connectivity index (χ0n) is 16.5. The minimum absolute atomic E-state index is 0.122. The molecule has 0 spiro atoms. The Balaban J connectivity index is 1.55. The predicted octanol–water partition coefficient (Wildman–Crippen LogP) is 5.57. The van der Waals surface area contributed by atoms with Crippen LogP contribution in [0.15, 0.2) is 59.1 Å². The first-order valence-electron chi connectivity index (χ1n) is 9.66. The van der Waals surface area contributed by atoms with E-state index in [0.29, 0.717) is 0 Å². The Morgan fingerprint density at radius 3 is 2.57 bits per heavy atom. The van der Waals surface area contributed by atoms with Crippen LogP contribution < -0.4 is 5.32 Å². The maximum absolute atomic E-state index is 12.2. The van der Waals surface area contributed by atoms with Crippen LogP contribution in [0.25, 0.3) is 6.08 Å². The van der Waals surface area contributed by atoms with Gasteiger partial charge < -0.3 is 9.80 Å². The summed E-state index contributed by atoms with van der Waals surface area (Å²) < 4.78 is 2.03. The highest BCUT2D eigenvalue weighted by Crippen LogP contribution is 2.27. The van der Waals surface area contributed by atoms with E-state index in [1.54, 1.807) is 6.08 Å². The molecule has 0 radical (unpaired) electrons. The molecule has 1 heterocycles. The number of nitrogens with one attached hydrogen (secondary N) is 1. The van der Waals surface area contributed by atoms with Gasteiger partial charge in [0.1, 0.15) is 6.54 Å². The number of halogens is 1. The summed E-state index contributed by atoms with van der Waals surface area (Å²) >= 11 is 5.51. The summed E-state index contributed by atoms with van der Waals surface area (Å²) in [6, 6.07) is 16.9. The molecule has 0 saturated carbocycles. The molecular weight excluding hydrogens is 432 g/mol. The third-order valence-corrected chi connectivity index (χ3v) is 6.81. The molecule has 1 N–H and O–H groups in total. The monoisotopic (exact) mass is 459 g/mol. The molecule has 0 aromatic heterocycles. The first-order chi connectivity index (χ1) is 13.4. The molecule has 0 bridgehead atoms. The molecule has 1 aliphatic rings. The third-order valence-electron chi connectivity index (χ3n) is 5.27. The Morgan fingerprint density at radius 1 is 1.18 bits per heavy atom. The van der Waals surface area contributed by atoms with E-state index in [-0.39, 0.29) is 5.91 Å². The number of hydrogen-bond donors (Lipinski definition) is 1. The van der Waals surface area contributed by atoms with Gasteiger partial charge in [0, 0.05) is 34.6 Å². The summed E-state index contributed by atoms with van der Waals surface area (Å²) in [7, 11) is 4.67. The molecule has 2 aromatic carbocycles. The quantitative estimate of drug-likeness (QED) is 0.451. The van der Waals surface area contributed by atoms with Gasteiger partial charge in [0.05, 0.1) is 20.1 Å². The minimum atomic E-state index is -0.122. The van der Waals surface area contributed by atoms with Crippen molar-refractivity contribution in [3.63, 3.8) is 0 Å². The van der Waals surface area contributed by atoms with E-state index in [4.69, 9.17) is 0 Å². The number of nitrogens with zero attached hydrogens (tertiary/aromatic N) is 1. The molecule has 0 aliphatic carbocycles. The van der Waals surface area contributed by atoms with Gasteiger partial charge >= 0.3 is 0 Å². The topological polar surface area (TPSA) is 29.1 Å². The van der Waals surface area contributed by atoms with Crippen molar-refractivity contribution in [1.82, 2.24) is 0 Å². The fourth-order valence-corrected chi connectivity index (χ4v) is 5.14. The van der Waals surface area contributed by atoms with Gasteiger partial charge in [-0.1, -0.05) is 40.2 Å². The molecule has 28 heavy (non-hydrogen) atoms. The number of hydrogen-bond acceptors (Lipinski definition) is 2. The van der Waals surface area contributed by atoms with Crippen molar-refractivity contribution in [1.29, 1.82) is 0 Å². The van der Waals surface area contributed by atoms with E-state index in [9.17, 15) is 4.79 Å². The molecule has 1 amide bonds. The highest BCUT2D eigenvalue weighted by atomic mass is 79.9. The lowest BCUT2D eigenvalue weighted by molar-refractivity contribution is -0.928. The number of thioether (sulfide) groups is 1. The smallest absolute Gasteiger partial charge is 0.248 e. The number of quaternary nitrogens is 1. The van der Waals surface area contributed by atoms with Crippen LogP contribution in [0.1, 0.15) is 24.0 Å². The van der Waals surface area contributed by atoms with Gasteiger partial charge in [-0.15, -0.1) is 0 Å². The van der Waals surface area contributed by atoms with Gasteiger partial charge in [0.25, 0.3) is 0 Å². The zero-order valence-corrected chi connectivity index (χ0v) is 18.9. The highest BCUT2D eigenvalue weighted by molar-refractivity contribution is 9.10. The molecule has 3 nitrogen and oxygen atoms in total. The molecule has 1 aliphatic heterocycles. The summed E-state index contributed by atoms with van der Waals surface area (Å²) in [6.07, 6.45) is 5.99. The van der Waals surface area contributed by atoms with Crippen molar-refractivity contribution < 1.29 is 9.28 Å². The number of anilines is 1. The molecule has 0 atom stereocenters. The van der Waals surface area contributed by atoms with Crippen LogP contribution in [0.4, 0.5) is 5.69 Å². The van der Waals surface area contributed by atoms with Crippen molar-refractivity contribution in [2.24, 2.45) is 0 Å². The van der Waals surface area contributed by atoms with Gasteiger partial charge in [-0.05, 0) is 47.4 Å². The summed E-state index contributed by atoms with van der Waals surface area (Å²) in [6.45, 7) is 1.02. The second-order valence-electron chi connectivity index (χ2n) is 7.85. The first kappa shape index (κ1) is 21.2. The van der Waals surface area contributed by atoms with Crippen molar-refractivity contribution in [3.05, 3.63) is 70.2 Å². The van der Waals surface area contributed by atoms with Crippen molar-refractivity contribution >= 4 is 45.4 Å². The fourth-order valence-electron chi connectivity index (χ4n) is 3.64. The minimum Gasteiger partial charge on any atom is -0.323 e. The number of carbonyl (C=O) groups is 1. The molecule has 1 saturated heterocycles. The first-order valence-corrected chi connectivity index (χ1v) is 11.6. The van der Waals surface area contributed by atoms with Gasteiger partial charge in [0.15, 0.2) is 0 Å². The normalized spacial score (nSPS) is 15.7. The summed E-state index contributed by atoms with van der Waals surface area (Å²) in [5.41, 5.74) is 3.12. The van der Waals surface area contributed by atoms with Crippen LogP contribution in [0.3, 0.4) is 0 Å². The molecule has 2 aromatic rings. The highest BCUT2D eigenvalue weighted by Gasteiger charge is 2.29. The lowest BCUT2D eigenvalue weighted by Crippen LogP contribution is -2.49. The largest absolute Gasteiger partial charge is 0.323 e. The van der Waals surface area contributed by atoms with Gasteiger partial charge in [-0.25, -0.2) is 0 Å². The molecule has 3 rings (SSSR count). The van der Waals surface area contributed by atoms with E-state index >= 15 is 0 Å². The van der Waals surface area contributed by atoms with Crippen LogP contribution in [0, 0.1) is 0 Å². The van der Waals surface area contributed by atoms with Crippen molar-refractivity contribution in [2.45, 2.75) is 25.4 Å². The van der Waals surface area contributed by atoms with E-state index in [0.717, 1.165) is 32.8 Å². The number of benzene rings is 2. The average molecular weight is 460 g/mol. The van der Waals surface area contributed by atoms with Crippen LogP contribution in [-0.2, 0) is 11.3 Å².